The van der Waals surface area contributed by atoms with Crippen LogP contribution in [0.15, 0.2) is 54.6 Å². The molecule has 2 aromatic rings. The molecule has 0 unspecified atom stereocenters. The quantitative estimate of drug-likeness (QED) is 0.805. The number of sulfonamides is 1. The minimum Gasteiger partial charge on any atom is -0.399 e. The molecule has 6 nitrogen and oxygen atoms in total. The number of amides is 1. The van der Waals surface area contributed by atoms with Gasteiger partial charge in [0.25, 0.3) is 0 Å². The van der Waals surface area contributed by atoms with Gasteiger partial charge in [-0.3, -0.25) is 4.79 Å². The highest BCUT2D eigenvalue weighted by Crippen LogP contribution is 2.15. The van der Waals surface area contributed by atoms with Crippen molar-refractivity contribution in [3.8, 4) is 0 Å². The minimum absolute atomic E-state index is 0.00672. The van der Waals surface area contributed by atoms with Gasteiger partial charge in [0.15, 0.2) is 0 Å². The normalized spacial score (nSPS) is 15.8. The molecule has 0 aliphatic carbocycles. The number of benzene rings is 2. The molecule has 1 amide bonds. The zero-order valence-electron chi connectivity index (χ0n) is 14.5. The van der Waals surface area contributed by atoms with Crippen molar-refractivity contribution in [2.24, 2.45) is 0 Å². The van der Waals surface area contributed by atoms with Crippen molar-refractivity contribution in [1.29, 1.82) is 0 Å². The van der Waals surface area contributed by atoms with Crippen LogP contribution in [-0.2, 0) is 27.0 Å². The maximum atomic E-state index is 12.6. The van der Waals surface area contributed by atoms with Gasteiger partial charge in [-0.15, -0.1) is 0 Å². The zero-order valence-corrected chi connectivity index (χ0v) is 15.4. The SMILES string of the molecule is Nc1ccc(CC(=O)N2CCN(S(=O)(=O)Cc3ccccc3)CC2)cc1. The third kappa shape index (κ3) is 4.62. The first-order chi connectivity index (χ1) is 12.4. The van der Waals surface area contributed by atoms with Crippen LogP contribution in [0.4, 0.5) is 5.69 Å². The fraction of sp³-hybridized carbons (Fsp3) is 0.316. The second-order valence-corrected chi connectivity index (χ2v) is 8.41. The summed E-state index contributed by atoms with van der Waals surface area (Å²) in [6, 6.07) is 16.4. The van der Waals surface area contributed by atoms with Gasteiger partial charge in [-0.05, 0) is 23.3 Å². The Morgan fingerprint density at radius 1 is 0.885 bits per heavy atom. The topological polar surface area (TPSA) is 83.7 Å². The highest BCUT2D eigenvalue weighted by Gasteiger charge is 2.28. The predicted octanol–water partition coefficient (Wildman–Crippen LogP) is 1.49. The molecule has 7 heteroatoms. The largest absolute Gasteiger partial charge is 0.399 e. The van der Waals surface area contributed by atoms with Crippen molar-refractivity contribution in [2.75, 3.05) is 31.9 Å². The number of rotatable bonds is 5. The Balaban J connectivity index is 1.54. The van der Waals surface area contributed by atoms with E-state index in [-0.39, 0.29) is 11.7 Å². The molecule has 1 aliphatic rings. The highest BCUT2D eigenvalue weighted by atomic mass is 32.2. The fourth-order valence-electron chi connectivity index (χ4n) is 3.01. The van der Waals surface area contributed by atoms with Gasteiger partial charge in [-0.1, -0.05) is 42.5 Å². The lowest BCUT2D eigenvalue weighted by Crippen LogP contribution is -2.51. The number of piperazine rings is 1. The van der Waals surface area contributed by atoms with E-state index < -0.39 is 10.0 Å². The summed E-state index contributed by atoms with van der Waals surface area (Å²) >= 11 is 0. The summed E-state index contributed by atoms with van der Waals surface area (Å²) in [5.74, 6) is 0.00242. The third-order valence-electron chi connectivity index (χ3n) is 4.51. The molecular formula is C19H23N3O3S. The number of nitrogen functional groups attached to an aromatic ring is 1. The monoisotopic (exact) mass is 373 g/mol. The van der Waals surface area contributed by atoms with Crippen LogP contribution in [0, 0.1) is 0 Å². The van der Waals surface area contributed by atoms with E-state index in [1.165, 1.54) is 4.31 Å². The average molecular weight is 373 g/mol. The predicted molar refractivity (Wildman–Crippen MR) is 102 cm³/mol. The van der Waals surface area contributed by atoms with Crippen molar-refractivity contribution < 1.29 is 13.2 Å². The molecule has 0 radical (unpaired) electrons. The molecule has 1 saturated heterocycles. The Bertz CT molecular complexity index is 843. The Morgan fingerprint density at radius 3 is 2.12 bits per heavy atom. The summed E-state index contributed by atoms with van der Waals surface area (Å²) in [6.07, 6.45) is 0.303. The van der Waals surface area contributed by atoms with Crippen molar-refractivity contribution in [1.82, 2.24) is 9.21 Å². The van der Waals surface area contributed by atoms with Crippen LogP contribution in [0.3, 0.4) is 0 Å². The Morgan fingerprint density at radius 2 is 1.50 bits per heavy atom. The summed E-state index contributed by atoms with van der Waals surface area (Å²) in [5.41, 5.74) is 8.00. The van der Waals surface area contributed by atoms with E-state index >= 15 is 0 Å². The first-order valence-corrected chi connectivity index (χ1v) is 10.2. The maximum absolute atomic E-state index is 12.6. The van der Waals surface area contributed by atoms with Crippen molar-refractivity contribution in [2.45, 2.75) is 12.2 Å². The molecule has 2 aromatic carbocycles. The summed E-state index contributed by atoms with van der Waals surface area (Å²) in [5, 5.41) is 0. The number of anilines is 1. The Hall–Kier alpha value is -2.38. The summed E-state index contributed by atoms with van der Waals surface area (Å²) < 4.78 is 26.6. The second kappa shape index (κ2) is 7.88. The van der Waals surface area contributed by atoms with Gasteiger partial charge in [-0.2, -0.15) is 4.31 Å². The van der Waals surface area contributed by atoms with Gasteiger partial charge in [-0.25, -0.2) is 8.42 Å². The highest BCUT2D eigenvalue weighted by molar-refractivity contribution is 7.88. The van der Waals surface area contributed by atoms with Gasteiger partial charge < -0.3 is 10.6 Å². The van der Waals surface area contributed by atoms with Gasteiger partial charge in [0.2, 0.25) is 15.9 Å². The lowest BCUT2D eigenvalue weighted by Gasteiger charge is -2.34. The maximum Gasteiger partial charge on any atom is 0.227 e. The summed E-state index contributed by atoms with van der Waals surface area (Å²) in [7, 11) is -3.37. The minimum atomic E-state index is -3.37. The number of nitrogens with zero attached hydrogens (tertiary/aromatic N) is 2. The first-order valence-electron chi connectivity index (χ1n) is 8.58. The van der Waals surface area contributed by atoms with Crippen LogP contribution < -0.4 is 5.73 Å². The molecule has 0 aromatic heterocycles. The molecule has 2 N–H and O–H groups in total. The van der Waals surface area contributed by atoms with Gasteiger partial charge in [0.1, 0.15) is 0 Å². The fourth-order valence-corrected chi connectivity index (χ4v) is 4.53. The van der Waals surface area contributed by atoms with Crippen LogP contribution in [0.25, 0.3) is 0 Å². The van der Waals surface area contributed by atoms with Crippen LogP contribution >= 0.6 is 0 Å². The van der Waals surface area contributed by atoms with Crippen LogP contribution in [0.5, 0.6) is 0 Å². The summed E-state index contributed by atoms with van der Waals surface area (Å²) in [6.45, 7) is 1.51. The molecule has 138 valence electrons. The average Bonchev–Trinajstić information content (AvgIpc) is 2.64. The number of hydrogen-bond acceptors (Lipinski definition) is 4. The lowest BCUT2D eigenvalue weighted by molar-refractivity contribution is -0.131. The molecule has 0 spiro atoms. The van der Waals surface area contributed by atoms with E-state index in [4.69, 9.17) is 5.73 Å². The van der Waals surface area contributed by atoms with Crippen molar-refractivity contribution in [3.63, 3.8) is 0 Å². The van der Waals surface area contributed by atoms with Gasteiger partial charge in [0.05, 0.1) is 12.2 Å². The number of hydrogen-bond donors (Lipinski definition) is 1. The van der Waals surface area contributed by atoms with E-state index in [0.29, 0.717) is 38.3 Å². The van der Waals surface area contributed by atoms with Crippen LogP contribution in [0.2, 0.25) is 0 Å². The van der Waals surface area contributed by atoms with Crippen LogP contribution in [0.1, 0.15) is 11.1 Å². The van der Waals surface area contributed by atoms with E-state index in [1.807, 2.05) is 42.5 Å². The first kappa shape index (κ1) is 18.4. The Labute approximate surface area is 154 Å². The van der Waals surface area contributed by atoms with Gasteiger partial charge in [0, 0.05) is 31.9 Å². The molecule has 3 rings (SSSR count). The van der Waals surface area contributed by atoms with E-state index in [9.17, 15) is 13.2 Å². The zero-order chi connectivity index (χ0) is 18.6. The van der Waals surface area contributed by atoms with Crippen molar-refractivity contribution in [3.05, 3.63) is 65.7 Å². The molecule has 26 heavy (non-hydrogen) atoms. The van der Waals surface area contributed by atoms with E-state index in [2.05, 4.69) is 0 Å². The number of nitrogens with two attached hydrogens (primary N) is 1. The Kier molecular flexibility index (Phi) is 5.58. The molecule has 1 aliphatic heterocycles. The molecule has 0 atom stereocenters. The third-order valence-corrected chi connectivity index (χ3v) is 6.36. The number of carbonyl (C=O) groups excluding carboxylic acids is 1. The van der Waals surface area contributed by atoms with E-state index in [1.54, 1.807) is 17.0 Å². The van der Waals surface area contributed by atoms with Crippen molar-refractivity contribution >= 4 is 21.6 Å². The van der Waals surface area contributed by atoms with E-state index in [0.717, 1.165) is 11.1 Å². The number of carbonyl (C=O) groups is 1. The summed E-state index contributed by atoms with van der Waals surface area (Å²) in [4.78, 5) is 14.2. The lowest BCUT2D eigenvalue weighted by atomic mass is 10.1. The molecule has 1 heterocycles. The molecule has 0 saturated carbocycles. The molecular weight excluding hydrogens is 350 g/mol. The van der Waals surface area contributed by atoms with Gasteiger partial charge >= 0.3 is 0 Å². The molecule has 1 fully saturated rings. The molecule has 0 bridgehead atoms. The standard InChI is InChI=1S/C19H23N3O3S/c20-18-8-6-16(7-9-18)14-19(23)21-10-12-22(13-11-21)26(24,25)15-17-4-2-1-3-5-17/h1-9H,10-15,20H2. The second-order valence-electron chi connectivity index (χ2n) is 6.44. The smallest absolute Gasteiger partial charge is 0.227 e. The van der Waals surface area contributed by atoms with Crippen LogP contribution in [-0.4, -0.2) is 49.7 Å².